The molecule has 5 N–H and O–H groups in total. The molecule has 41 heavy (non-hydrogen) atoms. The van der Waals surface area contributed by atoms with Gasteiger partial charge in [-0.15, -0.1) is 0 Å². The van der Waals surface area contributed by atoms with Crippen LogP contribution in [0.4, 0.5) is 0 Å². The number of rotatable bonds is 4. The molecule has 2 rings (SSSR count). The summed E-state index contributed by atoms with van der Waals surface area (Å²) >= 11 is 0. The van der Waals surface area contributed by atoms with E-state index in [1.807, 2.05) is 37.3 Å². The Morgan fingerprint density at radius 2 is 1.46 bits per heavy atom. The van der Waals surface area contributed by atoms with E-state index < -0.39 is 55.5 Å². The molecule has 1 fully saturated rings. The molecular weight excluding hydrogens is 532 g/mol. The molecule has 230 valence electrons. The lowest BCUT2D eigenvalue weighted by molar-refractivity contribution is -0.307. The number of carbonyl (C=O) groups is 1. The minimum Gasteiger partial charge on any atom is -0.460 e. The van der Waals surface area contributed by atoms with Gasteiger partial charge in [0.1, 0.15) is 24.4 Å². The standard InChI is InChI=1S/C31H46O10/c1-22-13-12-19-24(38-2)16-8-3-6-14-23(33)15-7-4-9-17-25(18-10-5-11-20-27(34)39-22)40-31-30(37)29(36)28(35)26(21-32)41-31/h3-11,16-17,20,22-26,28-33,35-37H,12-15,18-19,21H2,1-2H3/b6-3+,7-4+,10-5+,16-8+,17-9+,20-11-/t22-,23-,24?,25-,26-,28-,29+,30-,31+/m1/s1. The molecule has 10 heteroatoms. The third kappa shape index (κ3) is 13.4. The highest BCUT2D eigenvalue weighted by Gasteiger charge is 2.44. The first-order valence-electron chi connectivity index (χ1n) is 14.1. The van der Waals surface area contributed by atoms with E-state index in [0.29, 0.717) is 25.7 Å². The minimum atomic E-state index is -1.55. The van der Waals surface area contributed by atoms with Gasteiger partial charge in [0.05, 0.1) is 31.0 Å². The highest BCUT2D eigenvalue weighted by molar-refractivity contribution is 5.82. The molecular formula is C31H46O10. The predicted octanol–water partition coefficient (Wildman–Crippen LogP) is 2.17. The Balaban J connectivity index is 2.12. The molecule has 0 aromatic carbocycles. The van der Waals surface area contributed by atoms with Gasteiger partial charge >= 0.3 is 5.97 Å². The Kier molecular flexibility index (Phi) is 16.7. The van der Waals surface area contributed by atoms with E-state index >= 15 is 0 Å². The van der Waals surface area contributed by atoms with Crippen LogP contribution in [0.5, 0.6) is 0 Å². The molecule has 10 nitrogen and oxygen atoms in total. The van der Waals surface area contributed by atoms with Gasteiger partial charge in [-0.05, 0) is 45.4 Å². The molecule has 0 aromatic rings. The maximum atomic E-state index is 12.2. The van der Waals surface area contributed by atoms with Crippen LogP contribution in [0.25, 0.3) is 0 Å². The number of hydrogen-bond acceptors (Lipinski definition) is 10. The molecule has 0 bridgehead atoms. The Hall–Kier alpha value is -2.41. The molecule has 0 aliphatic carbocycles. The fraction of sp³-hybridized carbons (Fsp3) is 0.581. The van der Waals surface area contributed by atoms with Crippen LogP contribution in [0.15, 0.2) is 72.9 Å². The van der Waals surface area contributed by atoms with E-state index in [9.17, 15) is 30.3 Å². The number of allylic oxidation sites excluding steroid dienone is 6. The van der Waals surface area contributed by atoms with Crippen molar-refractivity contribution >= 4 is 5.97 Å². The Labute approximate surface area is 242 Å². The lowest BCUT2D eigenvalue weighted by Gasteiger charge is -2.40. The molecule has 2 aliphatic rings. The van der Waals surface area contributed by atoms with Crippen molar-refractivity contribution in [3.8, 4) is 0 Å². The largest absolute Gasteiger partial charge is 0.460 e. The van der Waals surface area contributed by atoms with Gasteiger partial charge in [0, 0.05) is 13.2 Å². The summed E-state index contributed by atoms with van der Waals surface area (Å²) in [5, 5.41) is 50.2. The highest BCUT2D eigenvalue weighted by Crippen LogP contribution is 2.24. The highest BCUT2D eigenvalue weighted by atomic mass is 16.7. The smallest absolute Gasteiger partial charge is 0.331 e. The number of ether oxygens (including phenoxy) is 4. The fourth-order valence-corrected chi connectivity index (χ4v) is 4.25. The van der Waals surface area contributed by atoms with Gasteiger partial charge in [-0.3, -0.25) is 0 Å². The zero-order chi connectivity index (χ0) is 30.0. The summed E-state index contributed by atoms with van der Waals surface area (Å²) in [6.07, 6.45) is 16.1. The third-order valence-corrected chi connectivity index (χ3v) is 6.69. The molecule has 2 aliphatic heterocycles. The van der Waals surface area contributed by atoms with Crippen molar-refractivity contribution in [3.63, 3.8) is 0 Å². The van der Waals surface area contributed by atoms with Crippen molar-refractivity contribution in [1.82, 2.24) is 0 Å². The van der Waals surface area contributed by atoms with E-state index in [1.54, 1.807) is 43.6 Å². The quantitative estimate of drug-likeness (QED) is 0.314. The number of methoxy groups -OCH3 is 1. The number of aliphatic hydroxyl groups is 5. The first-order chi connectivity index (χ1) is 19.7. The van der Waals surface area contributed by atoms with Gasteiger partial charge in [-0.25, -0.2) is 4.79 Å². The molecule has 0 aromatic heterocycles. The Bertz CT molecular complexity index is 922. The molecule has 0 saturated carbocycles. The second-order valence-corrected chi connectivity index (χ2v) is 10.1. The van der Waals surface area contributed by atoms with Crippen LogP contribution in [-0.4, -0.2) is 100 Å². The van der Waals surface area contributed by atoms with Crippen LogP contribution in [0.1, 0.15) is 45.4 Å². The van der Waals surface area contributed by atoms with E-state index in [1.165, 1.54) is 6.08 Å². The van der Waals surface area contributed by atoms with E-state index in [0.717, 1.165) is 12.8 Å². The second kappa shape index (κ2) is 19.7. The number of carbonyl (C=O) groups excluding carboxylic acids is 1. The molecule has 1 unspecified atom stereocenters. The van der Waals surface area contributed by atoms with E-state index in [4.69, 9.17) is 18.9 Å². The summed E-state index contributed by atoms with van der Waals surface area (Å²) in [6.45, 7) is 1.29. The zero-order valence-electron chi connectivity index (χ0n) is 23.9. The summed E-state index contributed by atoms with van der Waals surface area (Å²) in [5.41, 5.74) is 0. The second-order valence-electron chi connectivity index (χ2n) is 10.1. The first-order valence-corrected chi connectivity index (χ1v) is 14.1. The lowest BCUT2D eigenvalue weighted by atomic mass is 9.99. The number of esters is 1. The van der Waals surface area contributed by atoms with Crippen LogP contribution < -0.4 is 0 Å². The normalized spacial score (nSPS) is 39.9. The minimum absolute atomic E-state index is 0.0497. The number of hydrogen-bond donors (Lipinski definition) is 5. The van der Waals surface area contributed by atoms with Gasteiger partial charge in [0.15, 0.2) is 6.29 Å². The predicted molar refractivity (Wildman–Crippen MR) is 154 cm³/mol. The Morgan fingerprint density at radius 3 is 2.12 bits per heavy atom. The van der Waals surface area contributed by atoms with Gasteiger partial charge < -0.3 is 44.5 Å². The maximum absolute atomic E-state index is 12.2. The fourth-order valence-electron chi connectivity index (χ4n) is 4.25. The molecule has 1 saturated heterocycles. The average molecular weight is 579 g/mol. The van der Waals surface area contributed by atoms with Crippen molar-refractivity contribution in [3.05, 3.63) is 72.9 Å². The molecule has 0 spiro atoms. The molecule has 0 radical (unpaired) electrons. The number of aliphatic hydroxyl groups excluding tert-OH is 5. The third-order valence-electron chi connectivity index (χ3n) is 6.69. The zero-order valence-corrected chi connectivity index (χ0v) is 23.9. The van der Waals surface area contributed by atoms with Crippen LogP contribution in [-0.2, 0) is 23.7 Å². The molecule has 2 heterocycles. The Morgan fingerprint density at radius 1 is 0.829 bits per heavy atom. The van der Waals surface area contributed by atoms with E-state index in [-0.39, 0.29) is 12.2 Å². The van der Waals surface area contributed by atoms with E-state index in [2.05, 4.69) is 0 Å². The SMILES string of the molecule is COC1/C=C/C=C/C[C@@H](O)C/C=C/C=C/[C@@H](O[C@H]2O[C@H](CO)[C@@H](O)[C@H](O)[C@H]2O)C/C=C/C=C\C(=O)O[C@H](C)CCC1. The summed E-state index contributed by atoms with van der Waals surface area (Å²) in [5.74, 6) is -0.453. The van der Waals surface area contributed by atoms with Crippen LogP contribution in [0, 0.1) is 0 Å². The van der Waals surface area contributed by atoms with Crippen molar-refractivity contribution in [2.24, 2.45) is 0 Å². The first kappa shape index (κ1) is 34.8. The summed E-state index contributed by atoms with van der Waals surface area (Å²) in [7, 11) is 1.66. The molecule has 9 atom stereocenters. The number of cyclic esters (lactones) is 1. The van der Waals surface area contributed by atoms with Gasteiger partial charge in [0.2, 0.25) is 0 Å². The average Bonchev–Trinajstić information content (AvgIpc) is 2.95. The van der Waals surface area contributed by atoms with Crippen LogP contribution in [0.2, 0.25) is 0 Å². The van der Waals surface area contributed by atoms with Crippen LogP contribution in [0.3, 0.4) is 0 Å². The molecule has 0 amide bonds. The van der Waals surface area contributed by atoms with Crippen molar-refractivity contribution in [2.75, 3.05) is 13.7 Å². The summed E-state index contributed by atoms with van der Waals surface area (Å²) in [6, 6.07) is 0. The summed E-state index contributed by atoms with van der Waals surface area (Å²) < 4.78 is 22.3. The van der Waals surface area contributed by atoms with Gasteiger partial charge in [-0.2, -0.15) is 0 Å². The summed E-state index contributed by atoms with van der Waals surface area (Å²) in [4.78, 5) is 12.2. The lowest BCUT2D eigenvalue weighted by Crippen LogP contribution is -2.59. The van der Waals surface area contributed by atoms with Crippen molar-refractivity contribution in [2.45, 2.75) is 101 Å². The maximum Gasteiger partial charge on any atom is 0.331 e. The van der Waals surface area contributed by atoms with Crippen molar-refractivity contribution in [1.29, 1.82) is 0 Å². The van der Waals surface area contributed by atoms with Gasteiger partial charge in [0.25, 0.3) is 0 Å². The van der Waals surface area contributed by atoms with Crippen molar-refractivity contribution < 1.29 is 49.3 Å². The van der Waals surface area contributed by atoms with Gasteiger partial charge in [-0.1, -0.05) is 66.8 Å². The van der Waals surface area contributed by atoms with Crippen LogP contribution >= 0.6 is 0 Å². The topological polar surface area (TPSA) is 155 Å². The monoisotopic (exact) mass is 578 g/mol.